The Labute approximate surface area is 123 Å². The van der Waals surface area contributed by atoms with Gasteiger partial charge >= 0.3 is 5.97 Å². The normalized spacial score (nSPS) is 9.70. The highest BCUT2D eigenvalue weighted by Crippen LogP contribution is 2.10. The van der Waals surface area contributed by atoms with E-state index in [2.05, 4.69) is 15.4 Å². The molecule has 0 aliphatic carbocycles. The molecule has 5 nitrogen and oxygen atoms in total. The summed E-state index contributed by atoms with van der Waals surface area (Å²) in [6.07, 6.45) is 0.994. The molecule has 0 bridgehead atoms. The van der Waals surface area contributed by atoms with Crippen LogP contribution in [0.15, 0.2) is 24.3 Å². The van der Waals surface area contributed by atoms with E-state index in [1.165, 1.54) is 14.0 Å². The van der Waals surface area contributed by atoms with Crippen molar-refractivity contribution in [2.45, 2.75) is 19.8 Å². The molecule has 1 rings (SSSR count). The van der Waals surface area contributed by atoms with Gasteiger partial charge in [-0.3, -0.25) is 9.59 Å². The maximum atomic E-state index is 11.3. The third-order valence-electron chi connectivity index (χ3n) is 2.60. The Kier molecular flexibility index (Phi) is 6.66. The van der Waals surface area contributed by atoms with Gasteiger partial charge in [-0.25, -0.2) is 0 Å². The highest BCUT2D eigenvalue weighted by molar-refractivity contribution is 7.80. The predicted molar refractivity (Wildman–Crippen MR) is 81.9 cm³/mol. The summed E-state index contributed by atoms with van der Waals surface area (Å²) in [7, 11) is 1.37. The maximum absolute atomic E-state index is 11.3. The smallest absolute Gasteiger partial charge is 0.305 e. The van der Waals surface area contributed by atoms with E-state index in [4.69, 9.17) is 12.2 Å². The lowest BCUT2D eigenvalue weighted by molar-refractivity contribution is -0.140. The molecule has 0 radical (unpaired) electrons. The van der Waals surface area contributed by atoms with Crippen molar-refractivity contribution in [2.75, 3.05) is 19.0 Å². The Hall–Kier alpha value is -1.95. The van der Waals surface area contributed by atoms with E-state index in [1.54, 1.807) is 18.2 Å². The van der Waals surface area contributed by atoms with Gasteiger partial charge in [0.1, 0.15) is 0 Å². The minimum Gasteiger partial charge on any atom is -0.469 e. The largest absolute Gasteiger partial charge is 0.469 e. The second-order valence-electron chi connectivity index (χ2n) is 4.20. The zero-order valence-electron chi connectivity index (χ0n) is 11.6. The van der Waals surface area contributed by atoms with Crippen molar-refractivity contribution in [1.82, 2.24) is 5.32 Å². The third kappa shape index (κ3) is 5.79. The summed E-state index contributed by atoms with van der Waals surface area (Å²) in [6.45, 7) is 2.09. The average Bonchev–Trinajstić information content (AvgIpc) is 2.43. The van der Waals surface area contributed by atoms with E-state index in [9.17, 15) is 9.59 Å². The molecule has 0 aromatic heterocycles. The molecule has 1 aromatic carbocycles. The molecule has 0 unspecified atom stereocenters. The molecule has 0 aliphatic rings. The molecule has 0 amide bonds. The average molecular weight is 294 g/mol. The quantitative estimate of drug-likeness (QED) is 0.362. The predicted octanol–water partition coefficient (Wildman–Crippen LogP) is 2.13. The number of benzene rings is 1. The summed E-state index contributed by atoms with van der Waals surface area (Å²) >= 11 is 5.13. The van der Waals surface area contributed by atoms with Crippen LogP contribution in [0.2, 0.25) is 0 Å². The fraction of sp³-hybridized carbons (Fsp3) is 0.357. The van der Waals surface area contributed by atoms with E-state index in [0.29, 0.717) is 30.1 Å². The summed E-state index contributed by atoms with van der Waals surface area (Å²) < 4.78 is 4.54. The molecule has 108 valence electrons. The van der Waals surface area contributed by atoms with Crippen LogP contribution in [0.1, 0.15) is 30.1 Å². The lowest BCUT2D eigenvalue weighted by Gasteiger charge is -2.10. The van der Waals surface area contributed by atoms with Gasteiger partial charge < -0.3 is 15.4 Å². The maximum Gasteiger partial charge on any atom is 0.305 e. The van der Waals surface area contributed by atoms with E-state index in [0.717, 1.165) is 5.69 Å². The lowest BCUT2D eigenvalue weighted by Crippen LogP contribution is -2.29. The summed E-state index contributed by atoms with van der Waals surface area (Å²) in [4.78, 5) is 22.2. The van der Waals surface area contributed by atoms with Gasteiger partial charge in [-0.2, -0.15) is 0 Å². The van der Waals surface area contributed by atoms with Crippen LogP contribution in [0, 0.1) is 0 Å². The summed E-state index contributed by atoms with van der Waals surface area (Å²) in [5.74, 6) is -0.231. The Morgan fingerprint density at radius 2 is 2.10 bits per heavy atom. The van der Waals surface area contributed by atoms with Crippen molar-refractivity contribution in [3.8, 4) is 0 Å². The molecule has 0 heterocycles. The second kappa shape index (κ2) is 8.27. The molecule has 0 saturated carbocycles. The van der Waals surface area contributed by atoms with Crippen LogP contribution in [0.4, 0.5) is 5.69 Å². The first kappa shape index (κ1) is 16.1. The molecule has 0 aliphatic heterocycles. The summed E-state index contributed by atoms with van der Waals surface area (Å²) in [5.41, 5.74) is 1.38. The number of carbonyl (C=O) groups is 2. The molecule has 1 aromatic rings. The highest BCUT2D eigenvalue weighted by atomic mass is 32.1. The number of anilines is 1. The van der Waals surface area contributed by atoms with Crippen molar-refractivity contribution in [2.24, 2.45) is 0 Å². The Morgan fingerprint density at radius 1 is 1.35 bits per heavy atom. The zero-order chi connectivity index (χ0) is 15.0. The van der Waals surface area contributed by atoms with Crippen molar-refractivity contribution < 1.29 is 14.3 Å². The summed E-state index contributed by atoms with van der Waals surface area (Å²) in [5, 5.41) is 6.43. The third-order valence-corrected chi connectivity index (χ3v) is 2.84. The molecular weight excluding hydrogens is 276 g/mol. The number of hydrogen-bond acceptors (Lipinski definition) is 4. The monoisotopic (exact) mass is 294 g/mol. The number of thiocarbonyl (C=S) groups is 1. The fourth-order valence-electron chi connectivity index (χ4n) is 1.53. The first-order valence-corrected chi connectivity index (χ1v) is 6.66. The highest BCUT2D eigenvalue weighted by Gasteiger charge is 2.03. The topological polar surface area (TPSA) is 67.4 Å². The summed E-state index contributed by atoms with van der Waals surface area (Å²) in [6, 6.07) is 7.11. The van der Waals surface area contributed by atoms with Crippen LogP contribution in [0.3, 0.4) is 0 Å². The van der Waals surface area contributed by atoms with E-state index < -0.39 is 0 Å². The minimum absolute atomic E-state index is 0.00519. The van der Waals surface area contributed by atoms with Crippen molar-refractivity contribution in [3.63, 3.8) is 0 Å². The number of methoxy groups -OCH3 is 1. The van der Waals surface area contributed by atoms with Crippen LogP contribution in [0.25, 0.3) is 0 Å². The fourth-order valence-corrected chi connectivity index (χ4v) is 1.75. The van der Waals surface area contributed by atoms with Gasteiger partial charge in [-0.1, -0.05) is 12.1 Å². The van der Waals surface area contributed by atoms with Crippen LogP contribution in [0.5, 0.6) is 0 Å². The molecular formula is C14H18N2O3S. The van der Waals surface area contributed by atoms with Crippen LogP contribution in [-0.2, 0) is 9.53 Å². The van der Waals surface area contributed by atoms with Gasteiger partial charge in [0, 0.05) is 24.2 Å². The number of nitrogens with one attached hydrogen (secondary N) is 2. The molecule has 0 atom stereocenters. The van der Waals surface area contributed by atoms with Crippen molar-refractivity contribution in [1.29, 1.82) is 0 Å². The number of hydrogen-bond donors (Lipinski definition) is 2. The van der Waals surface area contributed by atoms with Gasteiger partial charge in [0.2, 0.25) is 0 Å². The number of ether oxygens (including phenoxy) is 1. The molecule has 0 fully saturated rings. The minimum atomic E-state index is -0.236. The SMILES string of the molecule is COC(=O)CCCNC(=S)Nc1cccc(C(C)=O)c1. The van der Waals surface area contributed by atoms with Gasteiger partial charge in [-0.05, 0) is 37.7 Å². The van der Waals surface area contributed by atoms with Gasteiger partial charge in [0.05, 0.1) is 7.11 Å². The number of carbonyl (C=O) groups excluding carboxylic acids is 2. The number of esters is 1. The first-order valence-electron chi connectivity index (χ1n) is 6.25. The molecule has 2 N–H and O–H groups in total. The van der Waals surface area contributed by atoms with E-state index in [-0.39, 0.29) is 11.8 Å². The number of rotatable bonds is 6. The Bertz CT molecular complexity index is 503. The molecule has 20 heavy (non-hydrogen) atoms. The zero-order valence-corrected chi connectivity index (χ0v) is 12.4. The van der Waals surface area contributed by atoms with E-state index >= 15 is 0 Å². The molecule has 0 spiro atoms. The van der Waals surface area contributed by atoms with Gasteiger partial charge in [0.25, 0.3) is 0 Å². The standard InChI is InChI=1S/C14H18N2O3S/c1-10(17)11-5-3-6-12(9-11)16-14(20)15-8-4-7-13(18)19-2/h3,5-6,9H,4,7-8H2,1-2H3,(H2,15,16,20). The Morgan fingerprint density at radius 3 is 2.75 bits per heavy atom. The van der Waals surface area contributed by atoms with E-state index in [1.807, 2.05) is 6.07 Å². The number of ketones is 1. The van der Waals surface area contributed by atoms with Crippen molar-refractivity contribution in [3.05, 3.63) is 29.8 Å². The molecule has 0 saturated heterocycles. The van der Waals surface area contributed by atoms with Crippen LogP contribution < -0.4 is 10.6 Å². The second-order valence-corrected chi connectivity index (χ2v) is 4.61. The first-order chi connectivity index (χ1) is 9.52. The number of Topliss-reactive ketones (excluding diaryl/α,β-unsaturated/α-hetero) is 1. The van der Waals surface area contributed by atoms with Crippen LogP contribution in [-0.4, -0.2) is 30.5 Å². The van der Waals surface area contributed by atoms with Crippen LogP contribution >= 0.6 is 12.2 Å². The van der Waals surface area contributed by atoms with Gasteiger partial charge in [0.15, 0.2) is 10.9 Å². The molecule has 6 heteroatoms. The van der Waals surface area contributed by atoms with Gasteiger partial charge in [-0.15, -0.1) is 0 Å². The lowest BCUT2D eigenvalue weighted by atomic mass is 10.1. The van der Waals surface area contributed by atoms with Crippen molar-refractivity contribution >= 4 is 34.8 Å². The Balaban J connectivity index is 2.37.